The molecule has 4 nitrogen and oxygen atoms in total. The van der Waals surface area contributed by atoms with E-state index in [2.05, 4.69) is 10.1 Å². The number of amides is 1. The highest BCUT2D eigenvalue weighted by atomic mass is 19.3. The van der Waals surface area contributed by atoms with Crippen molar-refractivity contribution in [2.45, 2.75) is 32.6 Å². The first-order valence-electron chi connectivity index (χ1n) is 7.97. The van der Waals surface area contributed by atoms with E-state index in [0.717, 1.165) is 5.56 Å². The topological polar surface area (TPSA) is 47.6 Å². The third kappa shape index (κ3) is 5.26. The summed E-state index contributed by atoms with van der Waals surface area (Å²) in [7, 11) is 1.58. The van der Waals surface area contributed by atoms with E-state index < -0.39 is 12.7 Å². The van der Waals surface area contributed by atoms with Gasteiger partial charge < -0.3 is 14.8 Å². The number of methoxy groups -OCH3 is 1. The number of carbonyl (C=O) groups is 1. The number of carbonyl (C=O) groups excluding carboxylic acids is 1. The van der Waals surface area contributed by atoms with Gasteiger partial charge in [0.1, 0.15) is 5.75 Å². The molecule has 0 saturated carbocycles. The van der Waals surface area contributed by atoms with Crippen LogP contribution in [0.2, 0.25) is 0 Å². The third-order valence-corrected chi connectivity index (χ3v) is 3.72. The fourth-order valence-corrected chi connectivity index (χ4v) is 2.58. The molecule has 0 bridgehead atoms. The Kier molecular flexibility index (Phi) is 6.89. The number of alkyl halides is 2. The van der Waals surface area contributed by atoms with E-state index in [-0.39, 0.29) is 11.7 Å². The molecule has 0 spiro atoms. The number of para-hydroxylation sites is 1. The molecule has 1 atom stereocenters. The Morgan fingerprint density at radius 1 is 1.16 bits per heavy atom. The van der Waals surface area contributed by atoms with Gasteiger partial charge in [-0.1, -0.05) is 37.3 Å². The number of hydrogen-bond donors (Lipinski definition) is 1. The van der Waals surface area contributed by atoms with Crippen LogP contribution >= 0.6 is 0 Å². The molecule has 1 N–H and O–H groups in total. The molecule has 0 aliphatic heterocycles. The number of rotatable bonds is 8. The second-order valence-corrected chi connectivity index (χ2v) is 5.48. The molecule has 0 unspecified atom stereocenters. The smallest absolute Gasteiger partial charge is 0.387 e. The van der Waals surface area contributed by atoms with E-state index in [0.29, 0.717) is 24.2 Å². The highest BCUT2D eigenvalue weighted by molar-refractivity contribution is 5.94. The van der Waals surface area contributed by atoms with Gasteiger partial charge in [-0.2, -0.15) is 8.78 Å². The summed E-state index contributed by atoms with van der Waals surface area (Å²) in [6.07, 6.45) is 0.535. The van der Waals surface area contributed by atoms with Crippen molar-refractivity contribution in [2.75, 3.05) is 7.11 Å². The molecule has 2 aromatic carbocycles. The van der Waals surface area contributed by atoms with Crippen LogP contribution in [-0.4, -0.2) is 19.6 Å². The summed E-state index contributed by atoms with van der Waals surface area (Å²) in [6.45, 7) is -0.644. The van der Waals surface area contributed by atoms with Crippen molar-refractivity contribution in [3.05, 3.63) is 65.2 Å². The van der Waals surface area contributed by atoms with Crippen molar-refractivity contribution in [3.63, 3.8) is 0 Å². The van der Waals surface area contributed by atoms with Crippen LogP contribution < -0.4 is 10.1 Å². The number of ether oxygens (including phenoxy) is 2. The van der Waals surface area contributed by atoms with Gasteiger partial charge in [-0.3, -0.25) is 4.79 Å². The zero-order valence-corrected chi connectivity index (χ0v) is 14.2. The second kappa shape index (κ2) is 9.13. The van der Waals surface area contributed by atoms with Crippen LogP contribution in [0.3, 0.4) is 0 Å². The first-order chi connectivity index (χ1) is 12.0. The van der Waals surface area contributed by atoms with Crippen LogP contribution in [0.1, 0.15) is 40.9 Å². The van der Waals surface area contributed by atoms with Crippen molar-refractivity contribution in [1.29, 1.82) is 0 Å². The predicted octanol–water partition coefficient (Wildman–Crippen LogP) is 4.32. The Balaban J connectivity index is 2.19. The molecule has 6 heteroatoms. The molecule has 0 radical (unpaired) electrons. The van der Waals surface area contributed by atoms with Crippen molar-refractivity contribution in [1.82, 2.24) is 5.32 Å². The van der Waals surface area contributed by atoms with E-state index >= 15 is 0 Å². The first kappa shape index (κ1) is 18.9. The van der Waals surface area contributed by atoms with E-state index in [1.165, 1.54) is 6.07 Å². The molecule has 25 heavy (non-hydrogen) atoms. The Labute approximate surface area is 145 Å². The summed E-state index contributed by atoms with van der Waals surface area (Å²) in [5.74, 6) is -0.213. The molecule has 0 saturated heterocycles. The number of hydrogen-bond acceptors (Lipinski definition) is 3. The maximum atomic E-state index is 12.6. The van der Waals surface area contributed by atoms with E-state index in [1.54, 1.807) is 43.5 Å². The fourth-order valence-electron chi connectivity index (χ4n) is 2.58. The zero-order valence-electron chi connectivity index (χ0n) is 14.2. The molecule has 134 valence electrons. The average Bonchev–Trinajstić information content (AvgIpc) is 2.60. The van der Waals surface area contributed by atoms with Crippen molar-refractivity contribution in [3.8, 4) is 5.75 Å². The Bertz CT molecular complexity index is 707. The van der Waals surface area contributed by atoms with Gasteiger partial charge in [0.2, 0.25) is 0 Å². The number of nitrogens with one attached hydrogen (secondary N) is 1. The standard InChI is InChI=1S/C19H21F2NO3/c1-3-16(15-9-4-5-10-17(15)25-19(20)21)22-18(23)14-8-6-7-13(11-14)12-24-2/h4-11,16,19H,3,12H2,1-2H3,(H,22,23)/t16-/m1/s1. The highest BCUT2D eigenvalue weighted by Crippen LogP contribution is 2.28. The lowest BCUT2D eigenvalue weighted by Crippen LogP contribution is -2.28. The van der Waals surface area contributed by atoms with E-state index in [9.17, 15) is 13.6 Å². The molecule has 0 fully saturated rings. The monoisotopic (exact) mass is 349 g/mol. The van der Waals surface area contributed by atoms with Gasteiger partial charge >= 0.3 is 6.61 Å². The fraction of sp³-hybridized carbons (Fsp3) is 0.316. The summed E-state index contributed by atoms with van der Waals surface area (Å²) < 4.78 is 34.8. The van der Waals surface area contributed by atoms with Crippen LogP contribution in [0.5, 0.6) is 5.75 Å². The van der Waals surface area contributed by atoms with Crippen LogP contribution in [0, 0.1) is 0 Å². The quantitative estimate of drug-likeness (QED) is 0.772. The normalized spacial score (nSPS) is 12.0. The Hall–Kier alpha value is -2.47. The molecule has 2 rings (SSSR count). The van der Waals surface area contributed by atoms with Gasteiger partial charge in [-0.05, 0) is 30.2 Å². The summed E-state index contributed by atoms with van der Waals surface area (Å²) in [5.41, 5.74) is 1.89. The lowest BCUT2D eigenvalue weighted by atomic mass is 10.0. The lowest BCUT2D eigenvalue weighted by Gasteiger charge is -2.20. The van der Waals surface area contributed by atoms with Crippen molar-refractivity contribution in [2.24, 2.45) is 0 Å². The minimum Gasteiger partial charge on any atom is -0.434 e. The van der Waals surface area contributed by atoms with Crippen LogP contribution in [0.25, 0.3) is 0 Å². The molecule has 0 aliphatic rings. The summed E-state index contributed by atoms with van der Waals surface area (Å²) in [6, 6.07) is 13.1. The predicted molar refractivity (Wildman–Crippen MR) is 90.7 cm³/mol. The molecule has 2 aromatic rings. The molecule has 0 aliphatic carbocycles. The SMILES string of the molecule is CC[C@@H](NC(=O)c1cccc(COC)c1)c1ccccc1OC(F)F. The van der Waals surface area contributed by atoms with Crippen LogP contribution in [-0.2, 0) is 11.3 Å². The van der Waals surface area contributed by atoms with Gasteiger partial charge in [0.05, 0.1) is 12.6 Å². The maximum Gasteiger partial charge on any atom is 0.387 e. The molecular weight excluding hydrogens is 328 g/mol. The van der Waals surface area contributed by atoms with E-state index in [1.807, 2.05) is 13.0 Å². The minimum atomic E-state index is -2.92. The van der Waals surface area contributed by atoms with Crippen LogP contribution in [0.4, 0.5) is 8.78 Å². The van der Waals surface area contributed by atoms with Crippen LogP contribution in [0.15, 0.2) is 48.5 Å². The third-order valence-electron chi connectivity index (χ3n) is 3.72. The largest absolute Gasteiger partial charge is 0.434 e. The van der Waals surface area contributed by atoms with Gasteiger partial charge in [0.15, 0.2) is 0 Å². The number of halogens is 2. The second-order valence-electron chi connectivity index (χ2n) is 5.48. The van der Waals surface area contributed by atoms with Crippen molar-refractivity contribution < 1.29 is 23.0 Å². The van der Waals surface area contributed by atoms with Gasteiger partial charge in [0, 0.05) is 18.2 Å². The Morgan fingerprint density at radius 3 is 2.60 bits per heavy atom. The number of benzene rings is 2. The lowest BCUT2D eigenvalue weighted by molar-refractivity contribution is -0.0506. The van der Waals surface area contributed by atoms with Gasteiger partial charge in [-0.15, -0.1) is 0 Å². The molecular formula is C19H21F2NO3. The minimum absolute atomic E-state index is 0.0674. The Morgan fingerprint density at radius 2 is 1.92 bits per heavy atom. The van der Waals surface area contributed by atoms with Gasteiger partial charge in [0.25, 0.3) is 5.91 Å². The summed E-state index contributed by atoms with van der Waals surface area (Å²) >= 11 is 0. The molecule has 0 aromatic heterocycles. The molecule has 1 amide bonds. The zero-order chi connectivity index (χ0) is 18.2. The maximum absolute atomic E-state index is 12.6. The first-order valence-corrected chi connectivity index (χ1v) is 7.97. The highest BCUT2D eigenvalue weighted by Gasteiger charge is 2.19. The molecule has 0 heterocycles. The summed E-state index contributed by atoms with van der Waals surface area (Å²) in [5, 5.41) is 2.88. The van der Waals surface area contributed by atoms with Crippen molar-refractivity contribution >= 4 is 5.91 Å². The summed E-state index contributed by atoms with van der Waals surface area (Å²) in [4.78, 5) is 12.5. The van der Waals surface area contributed by atoms with Gasteiger partial charge in [-0.25, -0.2) is 0 Å². The average molecular weight is 349 g/mol. The van der Waals surface area contributed by atoms with E-state index in [4.69, 9.17) is 4.74 Å².